The minimum atomic E-state index is -0.0369. The van der Waals surface area contributed by atoms with E-state index in [1.165, 1.54) is 12.0 Å². The van der Waals surface area contributed by atoms with Gasteiger partial charge in [0.25, 0.3) is 0 Å². The summed E-state index contributed by atoms with van der Waals surface area (Å²) in [6.45, 7) is 8.04. The van der Waals surface area contributed by atoms with E-state index in [1.807, 2.05) is 0 Å². The fraction of sp³-hybridized carbons (Fsp3) is 0.812. The molecule has 2 saturated heterocycles. The predicted molar refractivity (Wildman–Crippen MR) is 86.9 cm³/mol. The van der Waals surface area contributed by atoms with Gasteiger partial charge in [0.2, 0.25) is 0 Å². The Bertz CT molecular complexity index is 362. The van der Waals surface area contributed by atoms with E-state index < -0.39 is 0 Å². The quantitative estimate of drug-likeness (QED) is 0.402. The molecule has 3 heteroatoms. The molecule has 0 aromatic heterocycles. The first kappa shape index (κ1) is 15.6. The second-order valence-electron chi connectivity index (χ2n) is 5.92. The summed E-state index contributed by atoms with van der Waals surface area (Å²) < 4.78 is 13.7. The van der Waals surface area contributed by atoms with Crippen LogP contribution in [0.3, 0.4) is 0 Å². The van der Waals surface area contributed by atoms with Crippen molar-refractivity contribution in [3.63, 3.8) is 0 Å². The largest absolute Gasteiger partial charge is 0.372 e. The molecule has 2 heterocycles. The minimum absolute atomic E-state index is 0.0369. The second kappa shape index (κ2) is 6.75. The summed E-state index contributed by atoms with van der Waals surface area (Å²) in [7, 11) is 0. The topological polar surface area (TPSA) is 18.5 Å². The summed E-state index contributed by atoms with van der Waals surface area (Å²) in [5.41, 5.74) is 4.15. The highest BCUT2D eigenvalue weighted by Gasteiger charge is 2.51. The maximum Gasteiger partial charge on any atom is 0.106 e. The Morgan fingerprint density at radius 3 is 2.84 bits per heavy atom. The first-order chi connectivity index (χ1) is 9.13. The van der Waals surface area contributed by atoms with Gasteiger partial charge in [0.05, 0.1) is 18.3 Å². The van der Waals surface area contributed by atoms with Gasteiger partial charge in [0.1, 0.15) is 5.60 Å². The molecule has 0 amide bonds. The van der Waals surface area contributed by atoms with E-state index in [2.05, 4.69) is 48.7 Å². The van der Waals surface area contributed by atoms with Crippen molar-refractivity contribution < 1.29 is 9.47 Å². The molecule has 0 spiro atoms. The van der Waals surface area contributed by atoms with Gasteiger partial charge in [-0.05, 0) is 31.8 Å². The van der Waals surface area contributed by atoms with Gasteiger partial charge in [-0.15, -0.1) is 5.73 Å². The highest BCUT2D eigenvalue weighted by Crippen LogP contribution is 2.44. The third-order valence-corrected chi connectivity index (χ3v) is 5.63. The zero-order valence-corrected chi connectivity index (χ0v) is 14.2. The zero-order chi connectivity index (χ0) is 13.9. The normalized spacial score (nSPS) is 37.7. The monoisotopic (exact) mass is 376 g/mol. The summed E-state index contributed by atoms with van der Waals surface area (Å²) >= 11 is 2.47. The highest BCUT2D eigenvalue weighted by molar-refractivity contribution is 14.1. The fourth-order valence-electron chi connectivity index (χ4n) is 3.33. The predicted octanol–water partition coefficient (Wildman–Crippen LogP) is 4.42. The Labute approximate surface area is 130 Å². The molecule has 2 aliphatic rings. The van der Waals surface area contributed by atoms with Gasteiger partial charge in [-0.1, -0.05) is 42.5 Å². The van der Waals surface area contributed by atoms with Gasteiger partial charge in [-0.3, -0.25) is 0 Å². The molecule has 108 valence electrons. The molecule has 2 fully saturated rings. The smallest absolute Gasteiger partial charge is 0.106 e. The Hall–Kier alpha value is 0.170. The van der Waals surface area contributed by atoms with E-state index in [1.54, 1.807) is 0 Å². The molecule has 0 aliphatic carbocycles. The van der Waals surface area contributed by atoms with Crippen LogP contribution in [0, 0.1) is 0 Å². The van der Waals surface area contributed by atoms with Gasteiger partial charge in [0.15, 0.2) is 0 Å². The van der Waals surface area contributed by atoms with Gasteiger partial charge in [-0.2, -0.15) is 0 Å². The number of rotatable bonds is 5. The molecule has 0 saturated carbocycles. The van der Waals surface area contributed by atoms with Gasteiger partial charge < -0.3 is 9.47 Å². The van der Waals surface area contributed by atoms with Crippen molar-refractivity contribution in [1.29, 1.82) is 0 Å². The number of fused-ring (bicyclic) bond motifs is 1. The highest BCUT2D eigenvalue weighted by atomic mass is 127. The summed E-state index contributed by atoms with van der Waals surface area (Å²) in [6, 6.07) is 0. The molecule has 2 nitrogen and oxygen atoms in total. The van der Waals surface area contributed by atoms with Gasteiger partial charge in [-0.25, -0.2) is 0 Å². The third-order valence-electron chi connectivity index (χ3n) is 4.34. The van der Waals surface area contributed by atoms with Crippen LogP contribution in [0.1, 0.15) is 52.4 Å². The molecule has 0 N–H and O–H groups in total. The molecular formula is C16H25IO2. The number of alkyl halides is 1. The van der Waals surface area contributed by atoms with Crippen LogP contribution in [0.5, 0.6) is 0 Å². The molecule has 0 aromatic rings. The summed E-state index contributed by atoms with van der Waals surface area (Å²) in [4.78, 5) is 0. The van der Waals surface area contributed by atoms with Crippen molar-refractivity contribution in [1.82, 2.24) is 0 Å². The van der Waals surface area contributed by atoms with Gasteiger partial charge in [0, 0.05) is 17.3 Å². The maximum absolute atomic E-state index is 6.48. The van der Waals surface area contributed by atoms with Crippen molar-refractivity contribution >= 4 is 22.6 Å². The molecule has 0 unspecified atom stereocenters. The van der Waals surface area contributed by atoms with Crippen molar-refractivity contribution in [2.24, 2.45) is 0 Å². The first-order valence-corrected chi connectivity index (χ1v) is 8.91. The van der Waals surface area contributed by atoms with E-state index in [-0.39, 0.29) is 5.60 Å². The second-order valence-corrected chi connectivity index (χ2v) is 6.68. The Morgan fingerprint density at radius 2 is 2.21 bits per heavy atom. The van der Waals surface area contributed by atoms with Crippen LogP contribution in [0.25, 0.3) is 0 Å². The van der Waals surface area contributed by atoms with Gasteiger partial charge >= 0.3 is 0 Å². The van der Waals surface area contributed by atoms with E-state index in [0.29, 0.717) is 18.3 Å². The molecule has 0 aromatic carbocycles. The number of hydrogen-bond donors (Lipinski definition) is 0. The van der Waals surface area contributed by atoms with Crippen LogP contribution < -0.4 is 0 Å². The van der Waals surface area contributed by atoms with Crippen LogP contribution in [0.15, 0.2) is 17.9 Å². The minimum Gasteiger partial charge on any atom is -0.372 e. The van der Waals surface area contributed by atoms with Crippen molar-refractivity contribution in [2.75, 3.05) is 4.43 Å². The number of halogens is 1. The van der Waals surface area contributed by atoms with E-state index >= 15 is 0 Å². The molecule has 2 rings (SSSR count). The first-order valence-electron chi connectivity index (χ1n) is 7.38. The molecule has 0 radical (unpaired) electrons. The lowest BCUT2D eigenvalue weighted by atomic mass is 9.86. The van der Waals surface area contributed by atoms with Crippen LogP contribution in [0.4, 0.5) is 0 Å². The van der Waals surface area contributed by atoms with Crippen LogP contribution >= 0.6 is 22.6 Å². The van der Waals surface area contributed by atoms with Crippen LogP contribution in [-0.4, -0.2) is 28.3 Å². The summed E-state index contributed by atoms with van der Waals surface area (Å²) in [5.74, 6) is 0. The van der Waals surface area contributed by atoms with Crippen LogP contribution in [-0.2, 0) is 9.47 Å². The van der Waals surface area contributed by atoms with Crippen molar-refractivity contribution in [2.45, 2.75) is 76.3 Å². The molecule has 19 heavy (non-hydrogen) atoms. The summed E-state index contributed by atoms with van der Waals surface area (Å²) in [6.07, 6.45) is 7.66. The van der Waals surface area contributed by atoms with Crippen molar-refractivity contribution in [3.8, 4) is 0 Å². The maximum atomic E-state index is 6.48. The Morgan fingerprint density at radius 1 is 1.42 bits per heavy atom. The lowest BCUT2D eigenvalue weighted by Crippen LogP contribution is -2.49. The zero-order valence-electron chi connectivity index (χ0n) is 12.1. The lowest BCUT2D eigenvalue weighted by Gasteiger charge is -2.41. The third kappa shape index (κ3) is 3.44. The molecule has 4 atom stereocenters. The average Bonchev–Trinajstić information content (AvgIpc) is 2.77. The van der Waals surface area contributed by atoms with E-state index in [0.717, 1.165) is 36.5 Å². The number of hydrogen-bond acceptors (Lipinski definition) is 2. The molecular weight excluding hydrogens is 351 g/mol. The fourth-order valence-corrected chi connectivity index (χ4v) is 4.31. The summed E-state index contributed by atoms with van der Waals surface area (Å²) in [5, 5.41) is 0. The average molecular weight is 376 g/mol. The van der Waals surface area contributed by atoms with Crippen LogP contribution in [0.2, 0.25) is 0 Å². The van der Waals surface area contributed by atoms with Crippen molar-refractivity contribution in [3.05, 3.63) is 17.9 Å². The van der Waals surface area contributed by atoms with E-state index in [4.69, 9.17) is 9.47 Å². The van der Waals surface area contributed by atoms with E-state index in [9.17, 15) is 0 Å². The number of ether oxygens (including phenoxy) is 2. The molecule has 2 aliphatic heterocycles. The standard InChI is InChI=1S/C16H25IO2/c1-4-6-14-10-16(11-17)15(18-14)8-7-13(19-16)9-12(3)5-2/h13-15H,2,4,6-11H2,1,3H3/t13-,14+,15+,16-/m1/s1. The Kier molecular flexibility index (Phi) is 5.53. The Balaban J connectivity index is 2.03. The molecule has 0 bridgehead atoms. The SMILES string of the molecule is C=C=C(C)C[C@H]1CC[C@@H]2O[C@@H](CCC)C[C@]2(CI)O1. The lowest BCUT2D eigenvalue weighted by molar-refractivity contribution is -0.151.